The maximum absolute atomic E-state index is 14.4. The van der Waals surface area contributed by atoms with E-state index in [4.69, 9.17) is 43.6 Å². The van der Waals surface area contributed by atoms with Crippen molar-refractivity contribution in [2.45, 2.75) is 186 Å². The summed E-state index contributed by atoms with van der Waals surface area (Å²) in [5, 5.41) is 34.9. The van der Waals surface area contributed by atoms with Gasteiger partial charge >= 0.3 is 11.9 Å². The summed E-state index contributed by atoms with van der Waals surface area (Å²) in [6.07, 6.45) is -8.37. The normalized spacial score (nSPS) is 46.9. The summed E-state index contributed by atoms with van der Waals surface area (Å²) in [6, 6.07) is -0.294. The van der Waals surface area contributed by atoms with Crippen molar-refractivity contribution in [2.75, 3.05) is 34.9 Å². The Kier molecular flexibility index (Phi) is 16.7. The Morgan fingerprint density at radius 3 is 2.05 bits per heavy atom. The van der Waals surface area contributed by atoms with Gasteiger partial charge in [-0.1, -0.05) is 27.7 Å². The number of hydrogen-bond donors (Lipinski definition) is 4. The number of methoxy groups -OCH3 is 2. The Bertz CT molecular complexity index is 1370. The van der Waals surface area contributed by atoms with Crippen LogP contribution in [0.3, 0.4) is 0 Å². The number of nitrogens with zero attached hydrogens (tertiary/aromatic N) is 1. The number of cyclic esters (lactones) is 1. The Balaban J connectivity index is 2.29. The molecule has 0 aliphatic carbocycles. The number of aliphatic hydroxyl groups excluding tert-OH is 1. The van der Waals surface area contributed by atoms with E-state index in [1.54, 1.807) is 48.5 Å². The van der Waals surface area contributed by atoms with E-state index in [2.05, 4.69) is 0 Å². The molecule has 16 nitrogen and oxygen atoms in total. The fourth-order valence-corrected chi connectivity index (χ4v) is 9.33. The topological polar surface area (TPSA) is 215 Å². The molecule has 0 amide bonds. The van der Waals surface area contributed by atoms with Crippen LogP contribution in [0, 0.1) is 23.7 Å². The van der Waals surface area contributed by atoms with Gasteiger partial charge in [0, 0.05) is 51.9 Å². The molecule has 0 saturated carbocycles. The van der Waals surface area contributed by atoms with E-state index in [9.17, 15) is 29.7 Å². The first kappa shape index (κ1) is 49.5. The average molecular weight is 819 g/mol. The summed E-state index contributed by atoms with van der Waals surface area (Å²) >= 11 is 0. The maximum Gasteiger partial charge on any atom is 0.311 e. The predicted molar refractivity (Wildman–Crippen MR) is 209 cm³/mol. The van der Waals surface area contributed by atoms with Crippen LogP contribution in [0.25, 0.3) is 0 Å². The van der Waals surface area contributed by atoms with Gasteiger partial charge in [-0.2, -0.15) is 0 Å². The lowest BCUT2D eigenvalue weighted by atomic mass is 9.73. The quantitative estimate of drug-likeness (QED) is 0.233. The Morgan fingerprint density at radius 2 is 1.54 bits per heavy atom. The Hall–Kier alpha value is -1.83. The lowest BCUT2D eigenvalue weighted by Crippen LogP contribution is -2.69. The van der Waals surface area contributed by atoms with Crippen molar-refractivity contribution in [3.05, 3.63) is 0 Å². The Morgan fingerprint density at radius 1 is 0.930 bits per heavy atom. The number of rotatable bonds is 10. The minimum Gasteiger partial charge on any atom is -0.459 e. The van der Waals surface area contributed by atoms with Crippen molar-refractivity contribution in [2.24, 2.45) is 29.4 Å². The van der Waals surface area contributed by atoms with Gasteiger partial charge < -0.3 is 63.8 Å². The average Bonchev–Trinajstić information content (AvgIpc) is 3.15. The third kappa shape index (κ3) is 10.2. The number of ketones is 1. The van der Waals surface area contributed by atoms with E-state index in [1.165, 1.54) is 28.1 Å². The third-order valence-electron chi connectivity index (χ3n) is 13.3. The number of carbonyl (C=O) groups excluding carboxylic acids is 3. The molecule has 18 atom stereocenters. The first-order chi connectivity index (χ1) is 26.3. The van der Waals surface area contributed by atoms with E-state index < -0.39 is 107 Å². The van der Waals surface area contributed by atoms with Crippen LogP contribution < -0.4 is 5.73 Å². The fraction of sp³-hybridized carbons (Fsp3) is 0.927. The minimum atomic E-state index is -2.00. The molecular weight excluding hydrogens is 744 g/mol. The van der Waals surface area contributed by atoms with Crippen LogP contribution in [0.4, 0.5) is 0 Å². The summed E-state index contributed by atoms with van der Waals surface area (Å²) in [5.74, 6) is -5.27. The highest BCUT2D eigenvalue weighted by atomic mass is 16.7. The van der Waals surface area contributed by atoms with Crippen molar-refractivity contribution < 1.29 is 67.6 Å². The molecule has 3 aliphatic heterocycles. The highest BCUT2D eigenvalue weighted by Crippen LogP contribution is 2.44. The minimum absolute atomic E-state index is 0.0177. The predicted octanol–water partition coefficient (Wildman–Crippen LogP) is 2.34. The van der Waals surface area contributed by atoms with E-state index in [-0.39, 0.29) is 43.7 Å². The smallest absolute Gasteiger partial charge is 0.311 e. The van der Waals surface area contributed by atoms with Gasteiger partial charge in [0.2, 0.25) is 0 Å². The van der Waals surface area contributed by atoms with Gasteiger partial charge in [-0.15, -0.1) is 0 Å². The van der Waals surface area contributed by atoms with Gasteiger partial charge in [-0.05, 0) is 74.9 Å². The number of nitrogens with two attached hydrogens (primary N) is 1. The number of carbonyl (C=O) groups is 3. The van der Waals surface area contributed by atoms with Crippen LogP contribution in [0.2, 0.25) is 0 Å². The molecule has 5 N–H and O–H groups in total. The number of Topliss-reactive ketones (excluding diaryl/α,β-unsaturated/α-hetero) is 1. The second-order valence-electron chi connectivity index (χ2n) is 17.8. The van der Waals surface area contributed by atoms with Gasteiger partial charge in [0.1, 0.15) is 28.7 Å². The molecule has 0 bridgehead atoms. The highest BCUT2D eigenvalue weighted by molar-refractivity contribution is 5.83. The molecule has 16 heteroatoms. The SMILES string of the molecule is CC[C@H]1OC(=O)[C@H](C)[C@@H](O[C@H]2C[C@@](C)(OC)[C@@](O)(CN)[C@H](C)O2)[C@H](C)[C@@H](O[C@@H]2O[C@H](C)C[C@H](N(C)C)[C@H]2OC(C)=O)[C@@](C)(OC)C[C@@H](C)C(=O)[C@H](C)[C@@H](O)[C@]1(C)O. The van der Waals surface area contributed by atoms with Crippen LogP contribution in [0.1, 0.15) is 102 Å². The van der Waals surface area contributed by atoms with Crippen molar-refractivity contribution >= 4 is 17.7 Å². The largest absolute Gasteiger partial charge is 0.459 e. The number of aliphatic hydroxyl groups is 3. The molecule has 0 spiro atoms. The van der Waals surface area contributed by atoms with Crippen LogP contribution in [0.15, 0.2) is 0 Å². The monoisotopic (exact) mass is 819 g/mol. The number of likely N-dealkylation sites (N-methyl/N-ethyl adjacent to an activating group) is 1. The van der Waals surface area contributed by atoms with E-state index >= 15 is 0 Å². The molecule has 0 unspecified atom stereocenters. The third-order valence-corrected chi connectivity index (χ3v) is 13.3. The summed E-state index contributed by atoms with van der Waals surface area (Å²) in [4.78, 5) is 43.0. The van der Waals surface area contributed by atoms with Crippen molar-refractivity contribution in [1.29, 1.82) is 0 Å². The van der Waals surface area contributed by atoms with E-state index in [0.717, 1.165) is 0 Å². The number of ether oxygens (including phenoxy) is 8. The molecule has 3 aliphatic rings. The summed E-state index contributed by atoms with van der Waals surface area (Å²) in [6.45, 7) is 18.0. The molecule has 3 heterocycles. The lowest BCUT2D eigenvalue weighted by Gasteiger charge is -2.53. The molecule has 57 heavy (non-hydrogen) atoms. The zero-order valence-corrected chi connectivity index (χ0v) is 37.0. The number of hydrogen-bond acceptors (Lipinski definition) is 16. The highest BCUT2D eigenvalue weighted by Gasteiger charge is 2.58. The summed E-state index contributed by atoms with van der Waals surface area (Å²) in [7, 11) is 6.72. The molecule has 0 aromatic carbocycles. The van der Waals surface area contributed by atoms with Crippen LogP contribution in [0.5, 0.6) is 0 Å². The summed E-state index contributed by atoms with van der Waals surface area (Å²) in [5.41, 5.74) is -0.0610. The van der Waals surface area contributed by atoms with Crippen LogP contribution in [-0.4, -0.2) is 157 Å². The fourth-order valence-electron chi connectivity index (χ4n) is 9.33. The summed E-state index contributed by atoms with van der Waals surface area (Å²) < 4.78 is 50.6. The van der Waals surface area contributed by atoms with Gasteiger partial charge in [0.15, 0.2) is 18.7 Å². The first-order valence-corrected chi connectivity index (χ1v) is 20.4. The van der Waals surface area contributed by atoms with Gasteiger partial charge in [-0.3, -0.25) is 14.4 Å². The Labute approximate surface area is 339 Å². The van der Waals surface area contributed by atoms with Crippen LogP contribution >= 0.6 is 0 Å². The molecule has 332 valence electrons. The molecule has 0 radical (unpaired) electrons. The molecule has 3 saturated heterocycles. The molecule has 0 aromatic rings. The molecule has 3 rings (SSSR count). The standard InChI is InChI=1S/C41H74N2O14/c1-16-29-40(11,48)34(46)23(4)31(45)21(2)18-38(9,50-14)35(57-37-33(54-27(8)44)28(43(12)13)17-22(3)52-37)24(5)32(25(6)36(47)55-29)56-30-19-39(10,51-15)41(49,20-42)26(7)53-30/h21-26,28-30,32-35,37,46,48-49H,16-20,42H2,1-15H3/t21-,22-,23+,24+,25-,26+,28+,29-,30+,32+,33-,34-,35-,37+,38+,39-,40-,41-/m1/s1. The first-order valence-electron chi connectivity index (χ1n) is 20.4. The van der Waals surface area contributed by atoms with E-state index in [1.807, 2.05) is 32.8 Å². The molecular formula is C41H74N2O14. The van der Waals surface area contributed by atoms with Gasteiger partial charge in [0.05, 0.1) is 48.1 Å². The molecule has 0 aromatic heterocycles. The van der Waals surface area contributed by atoms with Gasteiger partial charge in [0.25, 0.3) is 0 Å². The lowest BCUT2D eigenvalue weighted by molar-refractivity contribution is -0.336. The second kappa shape index (κ2) is 19.3. The van der Waals surface area contributed by atoms with Crippen molar-refractivity contribution in [3.8, 4) is 0 Å². The number of esters is 2. The second-order valence-corrected chi connectivity index (χ2v) is 17.8. The zero-order valence-electron chi connectivity index (χ0n) is 37.0. The zero-order chi connectivity index (χ0) is 43.6. The van der Waals surface area contributed by atoms with Crippen LogP contribution in [-0.2, 0) is 52.3 Å². The van der Waals surface area contributed by atoms with Gasteiger partial charge in [-0.25, -0.2) is 0 Å². The maximum atomic E-state index is 14.4. The molecule has 3 fully saturated rings. The van der Waals surface area contributed by atoms with Crippen molar-refractivity contribution in [1.82, 2.24) is 4.90 Å². The van der Waals surface area contributed by atoms with E-state index in [0.29, 0.717) is 6.42 Å². The van der Waals surface area contributed by atoms with Crippen molar-refractivity contribution in [3.63, 3.8) is 0 Å².